The van der Waals surface area contributed by atoms with Crippen LogP contribution in [-0.2, 0) is 14.3 Å². The van der Waals surface area contributed by atoms with Crippen molar-refractivity contribution >= 4 is 23.6 Å². The fourth-order valence-electron chi connectivity index (χ4n) is 3.07. The summed E-state index contributed by atoms with van der Waals surface area (Å²) < 4.78 is 5.00. The summed E-state index contributed by atoms with van der Waals surface area (Å²) in [5.74, 6) is -0.853. The van der Waals surface area contributed by atoms with Crippen molar-refractivity contribution in [2.24, 2.45) is 0 Å². The number of amides is 1. The van der Waals surface area contributed by atoms with Gasteiger partial charge in [-0.25, -0.2) is 4.79 Å². The van der Waals surface area contributed by atoms with Crippen molar-refractivity contribution in [3.05, 3.63) is 46.0 Å². The van der Waals surface area contributed by atoms with E-state index in [1.54, 1.807) is 11.0 Å². The van der Waals surface area contributed by atoms with Crippen molar-refractivity contribution in [1.82, 2.24) is 4.90 Å². The first kappa shape index (κ1) is 18.6. The number of esters is 1. The van der Waals surface area contributed by atoms with E-state index in [1.165, 1.54) is 24.3 Å². The largest absolute Gasteiger partial charge is 0.452 e. The predicted octanol–water partition coefficient (Wildman–Crippen LogP) is 2.94. The summed E-state index contributed by atoms with van der Waals surface area (Å²) in [6, 6.07) is 6.19. The number of hydrogen-bond donors (Lipinski definition) is 0. The van der Waals surface area contributed by atoms with Crippen LogP contribution in [-0.4, -0.2) is 40.4 Å². The lowest BCUT2D eigenvalue weighted by atomic mass is 9.97. The molecule has 25 heavy (non-hydrogen) atoms. The average molecular weight is 346 g/mol. The highest BCUT2D eigenvalue weighted by molar-refractivity contribution is 5.89. The molecule has 0 bridgehead atoms. The highest BCUT2D eigenvalue weighted by atomic mass is 16.6. The van der Waals surface area contributed by atoms with Crippen LogP contribution in [0.4, 0.5) is 5.69 Å². The van der Waals surface area contributed by atoms with E-state index in [0.717, 1.165) is 25.3 Å². The second-order valence-electron chi connectivity index (χ2n) is 6.22. The molecule has 1 aromatic carbocycles. The summed E-state index contributed by atoms with van der Waals surface area (Å²) in [7, 11) is 0. The fourth-order valence-corrected chi connectivity index (χ4v) is 3.07. The third kappa shape index (κ3) is 5.14. The molecule has 1 aliphatic heterocycles. The second-order valence-corrected chi connectivity index (χ2v) is 6.22. The number of ether oxygens (including phenoxy) is 1. The van der Waals surface area contributed by atoms with Crippen LogP contribution in [0.1, 0.15) is 38.7 Å². The Hall–Kier alpha value is -2.70. The maximum absolute atomic E-state index is 12.3. The summed E-state index contributed by atoms with van der Waals surface area (Å²) in [5, 5.41) is 10.7. The van der Waals surface area contributed by atoms with E-state index in [-0.39, 0.29) is 30.3 Å². The summed E-state index contributed by atoms with van der Waals surface area (Å²) in [6.45, 7) is 3.70. The van der Waals surface area contributed by atoms with Gasteiger partial charge in [-0.1, -0.05) is 12.1 Å². The van der Waals surface area contributed by atoms with Crippen LogP contribution < -0.4 is 0 Å². The molecular formula is C18H22N2O5. The summed E-state index contributed by atoms with van der Waals surface area (Å²) >= 11 is 0. The van der Waals surface area contributed by atoms with Gasteiger partial charge in [0.1, 0.15) is 0 Å². The summed E-state index contributed by atoms with van der Waals surface area (Å²) in [4.78, 5) is 36.0. The lowest BCUT2D eigenvalue weighted by Crippen LogP contribution is -2.49. The molecule has 1 aromatic rings. The maximum Gasteiger partial charge on any atom is 0.331 e. The minimum absolute atomic E-state index is 0.0567. The highest BCUT2D eigenvalue weighted by Crippen LogP contribution is 2.22. The lowest BCUT2D eigenvalue weighted by molar-refractivity contribution is -0.384. The van der Waals surface area contributed by atoms with Crippen LogP contribution in [0.15, 0.2) is 30.3 Å². The fraction of sp³-hybridized carbons (Fsp3) is 0.444. The number of carbonyl (C=O) groups excluding carboxylic acids is 2. The van der Waals surface area contributed by atoms with Crippen molar-refractivity contribution in [2.75, 3.05) is 6.61 Å². The Morgan fingerprint density at radius 2 is 2.00 bits per heavy atom. The van der Waals surface area contributed by atoms with Gasteiger partial charge < -0.3 is 9.64 Å². The molecule has 0 saturated carbocycles. The number of likely N-dealkylation sites (tertiary alicyclic amines) is 1. The molecule has 0 radical (unpaired) electrons. The van der Waals surface area contributed by atoms with Gasteiger partial charge in [0, 0.05) is 30.3 Å². The Bertz CT molecular complexity index is 676. The van der Waals surface area contributed by atoms with Crippen LogP contribution >= 0.6 is 0 Å². The number of nitrogens with zero attached hydrogens (tertiary/aromatic N) is 2. The van der Waals surface area contributed by atoms with Crippen LogP contribution in [0.25, 0.3) is 6.08 Å². The Kier molecular flexibility index (Phi) is 6.27. The van der Waals surface area contributed by atoms with Crippen molar-refractivity contribution in [3.8, 4) is 0 Å². The highest BCUT2D eigenvalue weighted by Gasteiger charge is 2.29. The minimum Gasteiger partial charge on any atom is -0.452 e. The van der Waals surface area contributed by atoms with Gasteiger partial charge in [-0.3, -0.25) is 14.9 Å². The third-order valence-corrected chi connectivity index (χ3v) is 4.31. The number of rotatable bonds is 5. The van der Waals surface area contributed by atoms with Crippen LogP contribution in [0, 0.1) is 10.1 Å². The molecule has 1 aliphatic rings. The molecule has 134 valence electrons. The van der Waals surface area contributed by atoms with Gasteiger partial charge in [0.05, 0.1) is 4.92 Å². The Balaban J connectivity index is 1.88. The number of hydrogen-bond acceptors (Lipinski definition) is 5. The standard InChI is InChI=1S/C18H22N2O5/c1-13-5-3-6-14(2)19(13)17(21)12-25-18(22)10-9-15-7-4-8-16(11-15)20(23)24/h4,7-11,13-14H,3,5-6,12H2,1-2H3/b10-9+/t13-,14-/m0/s1. The SMILES string of the molecule is C[C@H]1CCC[C@H](C)N1C(=O)COC(=O)/C=C/c1cccc([N+](=O)[O-])c1. The molecule has 7 heteroatoms. The van der Waals surface area contributed by atoms with E-state index in [1.807, 2.05) is 13.8 Å². The minimum atomic E-state index is -0.655. The smallest absolute Gasteiger partial charge is 0.331 e. The van der Waals surface area contributed by atoms with E-state index >= 15 is 0 Å². The average Bonchev–Trinajstić information content (AvgIpc) is 2.58. The quantitative estimate of drug-likeness (QED) is 0.354. The predicted molar refractivity (Wildman–Crippen MR) is 92.7 cm³/mol. The van der Waals surface area contributed by atoms with Crippen LogP contribution in [0.3, 0.4) is 0 Å². The first-order valence-electron chi connectivity index (χ1n) is 8.29. The van der Waals surface area contributed by atoms with Crippen molar-refractivity contribution in [1.29, 1.82) is 0 Å². The number of piperidine rings is 1. The molecule has 1 fully saturated rings. The van der Waals surface area contributed by atoms with E-state index < -0.39 is 10.9 Å². The molecule has 0 aliphatic carbocycles. The van der Waals surface area contributed by atoms with Gasteiger partial charge >= 0.3 is 5.97 Å². The molecule has 1 saturated heterocycles. The molecule has 2 rings (SSSR count). The first-order valence-corrected chi connectivity index (χ1v) is 8.29. The van der Waals surface area contributed by atoms with Crippen molar-refractivity contribution in [2.45, 2.75) is 45.2 Å². The van der Waals surface area contributed by atoms with Crippen molar-refractivity contribution in [3.63, 3.8) is 0 Å². The Morgan fingerprint density at radius 3 is 2.64 bits per heavy atom. The van der Waals surface area contributed by atoms with E-state index in [9.17, 15) is 19.7 Å². The van der Waals surface area contributed by atoms with E-state index in [0.29, 0.717) is 5.56 Å². The molecule has 0 aromatic heterocycles. The third-order valence-electron chi connectivity index (χ3n) is 4.31. The van der Waals surface area contributed by atoms with E-state index in [4.69, 9.17) is 4.74 Å². The Morgan fingerprint density at radius 1 is 1.32 bits per heavy atom. The molecule has 2 atom stereocenters. The summed E-state index contributed by atoms with van der Waals surface area (Å²) in [6.07, 6.45) is 5.59. The Labute approximate surface area is 146 Å². The van der Waals surface area contributed by atoms with Crippen LogP contribution in [0.2, 0.25) is 0 Å². The monoisotopic (exact) mass is 346 g/mol. The zero-order valence-electron chi connectivity index (χ0n) is 14.4. The van der Waals surface area contributed by atoms with Crippen molar-refractivity contribution < 1.29 is 19.2 Å². The molecular weight excluding hydrogens is 324 g/mol. The maximum atomic E-state index is 12.3. The molecule has 1 amide bonds. The zero-order valence-corrected chi connectivity index (χ0v) is 14.4. The molecule has 7 nitrogen and oxygen atoms in total. The van der Waals surface area contributed by atoms with Gasteiger partial charge in [-0.2, -0.15) is 0 Å². The molecule has 0 spiro atoms. The van der Waals surface area contributed by atoms with Gasteiger partial charge in [0.15, 0.2) is 6.61 Å². The number of benzene rings is 1. The van der Waals surface area contributed by atoms with Gasteiger partial charge in [0.2, 0.25) is 0 Å². The van der Waals surface area contributed by atoms with Gasteiger partial charge in [-0.05, 0) is 44.7 Å². The normalized spacial score (nSPS) is 20.5. The summed E-state index contributed by atoms with van der Waals surface area (Å²) in [5.41, 5.74) is 0.453. The lowest BCUT2D eigenvalue weighted by Gasteiger charge is -2.38. The molecule has 0 unspecified atom stereocenters. The number of nitro groups is 1. The van der Waals surface area contributed by atoms with Gasteiger partial charge in [-0.15, -0.1) is 0 Å². The number of carbonyl (C=O) groups is 2. The second kappa shape index (κ2) is 8.41. The van der Waals surface area contributed by atoms with Gasteiger partial charge in [0.25, 0.3) is 11.6 Å². The topological polar surface area (TPSA) is 89.8 Å². The molecule has 1 heterocycles. The number of non-ortho nitro benzene ring substituents is 1. The first-order chi connectivity index (χ1) is 11.9. The van der Waals surface area contributed by atoms with Crippen LogP contribution in [0.5, 0.6) is 0 Å². The molecule has 0 N–H and O–H groups in total. The zero-order chi connectivity index (χ0) is 18.4. The van der Waals surface area contributed by atoms with E-state index in [2.05, 4.69) is 0 Å². The number of nitro benzene ring substituents is 1.